The van der Waals surface area contributed by atoms with Gasteiger partial charge in [-0.15, -0.1) is 0 Å². The van der Waals surface area contributed by atoms with Crippen molar-refractivity contribution in [2.75, 3.05) is 0 Å². The number of ether oxygens (including phenoxy) is 1. The van der Waals surface area contributed by atoms with E-state index in [0.717, 1.165) is 17.1 Å². The molecule has 2 N–H and O–H groups in total. The fourth-order valence-electron chi connectivity index (χ4n) is 1.55. The first-order chi connectivity index (χ1) is 8.20. The van der Waals surface area contributed by atoms with E-state index in [1.165, 1.54) is 0 Å². The van der Waals surface area contributed by atoms with E-state index in [-0.39, 0.29) is 0 Å². The molecule has 0 aliphatic heterocycles. The van der Waals surface area contributed by atoms with Gasteiger partial charge in [0.1, 0.15) is 12.4 Å². The average Bonchev–Trinajstić information content (AvgIpc) is 2.69. The molecule has 0 spiro atoms. The summed E-state index contributed by atoms with van der Waals surface area (Å²) in [6.45, 7) is 2.75. The van der Waals surface area contributed by atoms with Crippen LogP contribution in [0.1, 0.15) is 17.2 Å². The summed E-state index contributed by atoms with van der Waals surface area (Å²) >= 11 is 0. The molecule has 0 aliphatic rings. The Bertz CT molecular complexity index is 507. The van der Waals surface area contributed by atoms with E-state index >= 15 is 0 Å². The van der Waals surface area contributed by atoms with Gasteiger partial charge < -0.3 is 10.5 Å². The van der Waals surface area contributed by atoms with Gasteiger partial charge in [0, 0.05) is 7.05 Å². The molecule has 0 fully saturated rings. The number of nitrogens with zero attached hydrogens (tertiary/aromatic N) is 3. The number of benzene rings is 1. The fraction of sp³-hybridized carbons (Fsp3) is 0.333. The van der Waals surface area contributed by atoms with Gasteiger partial charge in [-0.3, -0.25) is 0 Å². The van der Waals surface area contributed by atoms with E-state index in [0.29, 0.717) is 19.0 Å². The summed E-state index contributed by atoms with van der Waals surface area (Å²) in [5, 5.41) is 4.16. The maximum absolute atomic E-state index is 5.70. The molecular formula is C12H16N4O. The van der Waals surface area contributed by atoms with Crippen LogP contribution in [-0.4, -0.2) is 14.8 Å². The highest BCUT2D eigenvalue weighted by Gasteiger charge is 2.07. The van der Waals surface area contributed by atoms with E-state index in [9.17, 15) is 0 Å². The first-order valence-corrected chi connectivity index (χ1v) is 5.48. The molecule has 5 heteroatoms. The van der Waals surface area contributed by atoms with Crippen molar-refractivity contribution in [1.29, 1.82) is 0 Å². The molecule has 0 amide bonds. The Morgan fingerprint density at radius 3 is 2.76 bits per heavy atom. The number of aromatic nitrogens is 3. The van der Waals surface area contributed by atoms with Crippen molar-refractivity contribution in [2.24, 2.45) is 12.8 Å². The summed E-state index contributed by atoms with van der Waals surface area (Å²) in [6.07, 6.45) is 0. The normalized spacial score (nSPS) is 10.5. The van der Waals surface area contributed by atoms with Crippen LogP contribution in [0.15, 0.2) is 24.3 Å². The molecule has 90 valence electrons. The average molecular weight is 232 g/mol. The van der Waals surface area contributed by atoms with Crippen molar-refractivity contribution in [2.45, 2.75) is 20.1 Å². The minimum atomic E-state index is 0.345. The molecule has 2 aromatic rings. The van der Waals surface area contributed by atoms with Crippen LogP contribution in [0.25, 0.3) is 0 Å². The molecule has 0 saturated carbocycles. The maximum atomic E-state index is 5.70. The van der Waals surface area contributed by atoms with Gasteiger partial charge in [-0.1, -0.05) is 18.2 Å². The lowest BCUT2D eigenvalue weighted by Gasteiger charge is -2.07. The number of hydrogen-bond acceptors (Lipinski definition) is 4. The Morgan fingerprint density at radius 1 is 1.35 bits per heavy atom. The first kappa shape index (κ1) is 11.6. The molecule has 0 aliphatic carbocycles. The van der Waals surface area contributed by atoms with Crippen molar-refractivity contribution in [1.82, 2.24) is 14.8 Å². The third-order valence-electron chi connectivity index (χ3n) is 2.53. The van der Waals surface area contributed by atoms with E-state index in [1.807, 2.05) is 38.2 Å². The zero-order valence-corrected chi connectivity index (χ0v) is 10.1. The third kappa shape index (κ3) is 2.62. The zero-order chi connectivity index (χ0) is 12.3. The van der Waals surface area contributed by atoms with Crippen LogP contribution in [0.3, 0.4) is 0 Å². The summed E-state index contributed by atoms with van der Waals surface area (Å²) in [4.78, 5) is 4.27. The molecule has 1 aromatic heterocycles. The fourth-order valence-corrected chi connectivity index (χ4v) is 1.55. The Kier molecular flexibility index (Phi) is 3.39. The predicted molar refractivity (Wildman–Crippen MR) is 64.4 cm³/mol. The number of hydrogen-bond donors (Lipinski definition) is 1. The molecule has 0 unspecified atom stereocenters. The molecular weight excluding hydrogens is 216 g/mol. The molecule has 0 atom stereocenters. The SMILES string of the molecule is Cc1ccccc1OCc1nc(CN)nn1C. The van der Waals surface area contributed by atoms with Crippen LogP contribution in [0.2, 0.25) is 0 Å². The standard InChI is InChI=1S/C12H16N4O/c1-9-5-3-4-6-10(9)17-8-12-14-11(7-13)15-16(12)2/h3-6H,7-8,13H2,1-2H3. The second-order valence-corrected chi connectivity index (χ2v) is 3.83. The van der Waals surface area contributed by atoms with Crippen LogP contribution in [0.5, 0.6) is 5.75 Å². The summed E-state index contributed by atoms with van der Waals surface area (Å²) < 4.78 is 7.39. The van der Waals surface area contributed by atoms with Crippen LogP contribution >= 0.6 is 0 Å². The number of nitrogens with two attached hydrogens (primary N) is 1. The minimum Gasteiger partial charge on any atom is -0.485 e. The van der Waals surface area contributed by atoms with Crippen molar-refractivity contribution < 1.29 is 4.74 Å². The summed E-state index contributed by atoms with van der Waals surface area (Å²) in [5.41, 5.74) is 6.59. The lowest BCUT2D eigenvalue weighted by Crippen LogP contribution is -2.04. The highest BCUT2D eigenvalue weighted by molar-refractivity contribution is 5.31. The third-order valence-corrected chi connectivity index (χ3v) is 2.53. The number of para-hydroxylation sites is 1. The van der Waals surface area contributed by atoms with Gasteiger partial charge in [-0.25, -0.2) is 9.67 Å². The molecule has 5 nitrogen and oxygen atoms in total. The molecule has 2 rings (SSSR count). The monoisotopic (exact) mass is 232 g/mol. The van der Waals surface area contributed by atoms with Crippen LogP contribution in [0, 0.1) is 6.92 Å². The lowest BCUT2D eigenvalue weighted by molar-refractivity contribution is 0.288. The van der Waals surface area contributed by atoms with E-state index in [4.69, 9.17) is 10.5 Å². The highest BCUT2D eigenvalue weighted by atomic mass is 16.5. The molecule has 0 bridgehead atoms. The van der Waals surface area contributed by atoms with Crippen molar-refractivity contribution in [3.63, 3.8) is 0 Å². The topological polar surface area (TPSA) is 66.0 Å². The van der Waals surface area contributed by atoms with Gasteiger partial charge in [0.2, 0.25) is 0 Å². The first-order valence-electron chi connectivity index (χ1n) is 5.48. The summed E-state index contributed by atoms with van der Waals surface area (Å²) in [6, 6.07) is 7.88. The van der Waals surface area contributed by atoms with Gasteiger partial charge in [-0.05, 0) is 18.6 Å². The zero-order valence-electron chi connectivity index (χ0n) is 10.1. The van der Waals surface area contributed by atoms with Crippen LogP contribution < -0.4 is 10.5 Å². The van der Waals surface area contributed by atoms with Gasteiger partial charge in [0.25, 0.3) is 0 Å². The predicted octanol–water partition coefficient (Wildman–Crippen LogP) is 1.16. The largest absolute Gasteiger partial charge is 0.485 e. The lowest BCUT2D eigenvalue weighted by atomic mass is 10.2. The highest BCUT2D eigenvalue weighted by Crippen LogP contribution is 2.17. The molecule has 17 heavy (non-hydrogen) atoms. The molecule has 1 heterocycles. The van der Waals surface area contributed by atoms with E-state index in [2.05, 4.69) is 10.1 Å². The van der Waals surface area contributed by atoms with Gasteiger partial charge in [0.05, 0.1) is 6.54 Å². The number of rotatable bonds is 4. The molecule has 1 aromatic carbocycles. The Morgan fingerprint density at radius 2 is 2.12 bits per heavy atom. The summed E-state index contributed by atoms with van der Waals surface area (Å²) in [5.74, 6) is 2.27. The smallest absolute Gasteiger partial charge is 0.165 e. The van der Waals surface area contributed by atoms with Gasteiger partial charge in [0.15, 0.2) is 11.6 Å². The second kappa shape index (κ2) is 4.97. The van der Waals surface area contributed by atoms with E-state index in [1.54, 1.807) is 4.68 Å². The Labute approximate surface area is 100 Å². The second-order valence-electron chi connectivity index (χ2n) is 3.83. The van der Waals surface area contributed by atoms with Gasteiger partial charge in [-0.2, -0.15) is 5.10 Å². The van der Waals surface area contributed by atoms with E-state index < -0.39 is 0 Å². The molecule has 0 saturated heterocycles. The van der Waals surface area contributed by atoms with Gasteiger partial charge >= 0.3 is 0 Å². The van der Waals surface area contributed by atoms with Crippen LogP contribution in [-0.2, 0) is 20.2 Å². The quantitative estimate of drug-likeness (QED) is 0.859. The van der Waals surface area contributed by atoms with Crippen molar-refractivity contribution in [3.05, 3.63) is 41.5 Å². The van der Waals surface area contributed by atoms with Crippen molar-refractivity contribution in [3.8, 4) is 5.75 Å². The Balaban J connectivity index is 2.07. The number of aryl methyl sites for hydroxylation is 2. The summed E-state index contributed by atoms with van der Waals surface area (Å²) in [7, 11) is 1.84. The van der Waals surface area contributed by atoms with Crippen LogP contribution in [0.4, 0.5) is 0 Å². The molecule has 0 radical (unpaired) electrons. The minimum absolute atomic E-state index is 0.345. The Hall–Kier alpha value is -1.88. The maximum Gasteiger partial charge on any atom is 0.165 e. The van der Waals surface area contributed by atoms with Crippen molar-refractivity contribution >= 4 is 0 Å².